The summed E-state index contributed by atoms with van der Waals surface area (Å²) < 4.78 is 1.83. The Bertz CT molecular complexity index is 1130. The van der Waals surface area contributed by atoms with E-state index in [2.05, 4.69) is 5.32 Å². The van der Waals surface area contributed by atoms with Gasteiger partial charge in [0.25, 0.3) is 5.56 Å². The summed E-state index contributed by atoms with van der Waals surface area (Å²) in [6.45, 7) is 1.86. The van der Waals surface area contributed by atoms with Gasteiger partial charge in [0, 0.05) is 31.5 Å². The van der Waals surface area contributed by atoms with Crippen molar-refractivity contribution in [3.05, 3.63) is 58.9 Å². The molecule has 1 aliphatic rings. The zero-order valence-electron chi connectivity index (χ0n) is 18.2. The minimum absolute atomic E-state index is 0.00752. The summed E-state index contributed by atoms with van der Waals surface area (Å²) in [5.74, 6) is -0.108. The lowest BCUT2D eigenvalue weighted by atomic mass is 10.2. The van der Waals surface area contributed by atoms with Gasteiger partial charge < -0.3 is 10.2 Å². The predicted molar refractivity (Wildman–Crippen MR) is 128 cm³/mol. The molecule has 0 bridgehead atoms. The number of carbonyl (C=O) groups is 1. The summed E-state index contributed by atoms with van der Waals surface area (Å²) in [7, 11) is 3.96. The first-order valence-electron chi connectivity index (χ1n) is 10.7. The van der Waals surface area contributed by atoms with Crippen LogP contribution in [0.15, 0.2) is 58.5 Å². The van der Waals surface area contributed by atoms with Gasteiger partial charge in [0.1, 0.15) is 0 Å². The number of nitrogens with one attached hydrogen (secondary N) is 1. The average molecular weight is 437 g/mol. The average Bonchev–Trinajstić information content (AvgIpc) is 3.28. The number of rotatable bonds is 6. The molecule has 0 saturated heterocycles. The highest BCUT2D eigenvalue weighted by molar-refractivity contribution is 8.00. The van der Waals surface area contributed by atoms with Crippen molar-refractivity contribution in [2.45, 2.75) is 49.1 Å². The molecule has 1 N–H and O–H groups in total. The minimum atomic E-state index is -0.394. The van der Waals surface area contributed by atoms with Gasteiger partial charge in [0.05, 0.1) is 16.2 Å². The number of carbonyl (C=O) groups excluding carboxylic acids is 1. The Balaban J connectivity index is 1.58. The minimum Gasteiger partial charge on any atom is -0.378 e. The molecule has 162 valence electrons. The van der Waals surface area contributed by atoms with Gasteiger partial charge >= 0.3 is 0 Å². The van der Waals surface area contributed by atoms with Crippen molar-refractivity contribution >= 4 is 39.9 Å². The summed E-state index contributed by atoms with van der Waals surface area (Å²) in [5.41, 5.74) is 2.49. The maximum Gasteiger partial charge on any atom is 0.262 e. The van der Waals surface area contributed by atoms with Crippen molar-refractivity contribution in [1.82, 2.24) is 9.55 Å². The van der Waals surface area contributed by atoms with Crippen molar-refractivity contribution in [2.24, 2.45) is 0 Å². The fraction of sp³-hybridized carbons (Fsp3) is 0.375. The van der Waals surface area contributed by atoms with Gasteiger partial charge in [-0.1, -0.05) is 36.7 Å². The summed E-state index contributed by atoms with van der Waals surface area (Å²) in [6, 6.07) is 15.3. The smallest absolute Gasteiger partial charge is 0.262 e. The molecule has 31 heavy (non-hydrogen) atoms. The fourth-order valence-electron chi connectivity index (χ4n) is 3.99. The van der Waals surface area contributed by atoms with Crippen LogP contribution >= 0.6 is 11.8 Å². The molecular formula is C24H28N4O2S. The maximum atomic E-state index is 13.3. The van der Waals surface area contributed by atoms with Crippen molar-refractivity contribution < 1.29 is 4.79 Å². The third-order valence-electron chi connectivity index (χ3n) is 5.77. The van der Waals surface area contributed by atoms with Crippen LogP contribution in [0.25, 0.3) is 10.9 Å². The first-order chi connectivity index (χ1) is 14.9. The molecule has 1 fully saturated rings. The van der Waals surface area contributed by atoms with Gasteiger partial charge in [-0.05, 0) is 56.2 Å². The molecule has 3 aromatic rings. The number of anilines is 2. The highest BCUT2D eigenvalue weighted by Crippen LogP contribution is 2.33. The second-order valence-electron chi connectivity index (χ2n) is 8.22. The van der Waals surface area contributed by atoms with Crippen molar-refractivity contribution in [2.75, 3.05) is 24.3 Å². The Hall–Kier alpha value is -2.80. The third kappa shape index (κ3) is 4.61. The Labute approximate surface area is 186 Å². The van der Waals surface area contributed by atoms with Crippen LogP contribution in [0.2, 0.25) is 0 Å². The van der Waals surface area contributed by atoms with Crippen molar-refractivity contribution in [3.8, 4) is 0 Å². The number of para-hydroxylation sites is 1. The molecule has 0 aliphatic heterocycles. The molecule has 1 amide bonds. The van der Waals surface area contributed by atoms with Gasteiger partial charge in [-0.25, -0.2) is 4.98 Å². The van der Waals surface area contributed by atoms with Gasteiger partial charge in [0.15, 0.2) is 5.16 Å². The molecule has 1 aromatic heterocycles. The summed E-state index contributed by atoms with van der Waals surface area (Å²) in [5, 5.41) is 3.84. The van der Waals surface area contributed by atoms with E-state index in [1.165, 1.54) is 11.8 Å². The van der Waals surface area contributed by atoms with E-state index in [0.29, 0.717) is 16.1 Å². The summed E-state index contributed by atoms with van der Waals surface area (Å²) >= 11 is 1.35. The molecular weight excluding hydrogens is 408 g/mol. The van der Waals surface area contributed by atoms with E-state index in [4.69, 9.17) is 4.98 Å². The molecule has 1 unspecified atom stereocenters. The van der Waals surface area contributed by atoms with E-state index in [-0.39, 0.29) is 17.5 Å². The third-order valence-corrected chi connectivity index (χ3v) is 6.83. The van der Waals surface area contributed by atoms with E-state index in [0.717, 1.165) is 37.1 Å². The van der Waals surface area contributed by atoms with Crippen LogP contribution in [0.3, 0.4) is 0 Å². The zero-order valence-corrected chi connectivity index (χ0v) is 19.0. The number of benzene rings is 2. The lowest BCUT2D eigenvalue weighted by molar-refractivity contribution is -0.115. The lowest BCUT2D eigenvalue weighted by Gasteiger charge is -2.20. The highest BCUT2D eigenvalue weighted by atomic mass is 32.2. The predicted octanol–water partition coefficient (Wildman–Crippen LogP) is 4.70. The molecule has 7 heteroatoms. The van der Waals surface area contributed by atoms with Crippen LogP contribution in [0.1, 0.15) is 38.6 Å². The normalized spacial score (nSPS) is 15.2. The van der Waals surface area contributed by atoms with Gasteiger partial charge in [-0.3, -0.25) is 14.2 Å². The monoisotopic (exact) mass is 436 g/mol. The number of thioether (sulfide) groups is 1. The maximum absolute atomic E-state index is 13.3. The number of hydrogen-bond acceptors (Lipinski definition) is 5. The molecule has 1 heterocycles. The molecule has 1 atom stereocenters. The number of nitrogens with zero attached hydrogens (tertiary/aromatic N) is 3. The quantitative estimate of drug-likeness (QED) is 0.448. The van der Waals surface area contributed by atoms with Gasteiger partial charge in [-0.15, -0.1) is 0 Å². The molecule has 6 nitrogen and oxygen atoms in total. The standard InChI is InChI=1S/C24H28N4O2S/c1-16(22(29)25-17-12-14-18(15-13-17)27(2)3)31-24-26-21-11-7-6-10-20(21)23(30)28(24)19-8-4-5-9-19/h6-7,10-16,19H,4-5,8-9H2,1-3H3,(H,25,29). The summed E-state index contributed by atoms with van der Waals surface area (Å²) in [4.78, 5) is 32.9. The fourth-order valence-corrected chi connectivity index (χ4v) is 4.97. The van der Waals surface area contributed by atoms with Gasteiger partial charge in [-0.2, -0.15) is 0 Å². The van der Waals surface area contributed by atoms with Crippen LogP contribution in [0, 0.1) is 0 Å². The first kappa shape index (κ1) is 21.4. The molecule has 1 saturated carbocycles. The van der Waals surface area contributed by atoms with Gasteiger partial charge in [0.2, 0.25) is 5.91 Å². The lowest BCUT2D eigenvalue weighted by Crippen LogP contribution is -2.29. The first-order valence-corrected chi connectivity index (χ1v) is 11.6. The second kappa shape index (κ2) is 9.14. The second-order valence-corrected chi connectivity index (χ2v) is 9.52. The Morgan fingerprint density at radius 1 is 1.13 bits per heavy atom. The van der Waals surface area contributed by atoms with Crippen LogP contribution in [0.5, 0.6) is 0 Å². The Kier molecular flexibility index (Phi) is 6.32. The van der Waals surface area contributed by atoms with Crippen LogP contribution in [-0.2, 0) is 4.79 Å². The molecule has 1 aliphatic carbocycles. The number of amides is 1. The molecule has 4 rings (SSSR count). The Morgan fingerprint density at radius 3 is 2.48 bits per heavy atom. The number of aromatic nitrogens is 2. The van der Waals surface area contributed by atoms with Crippen LogP contribution in [0.4, 0.5) is 11.4 Å². The number of fused-ring (bicyclic) bond motifs is 1. The largest absolute Gasteiger partial charge is 0.378 e. The SMILES string of the molecule is CC(Sc1nc2ccccc2c(=O)n1C1CCCC1)C(=O)Nc1ccc(N(C)C)cc1. The van der Waals surface area contributed by atoms with Crippen molar-refractivity contribution in [1.29, 1.82) is 0 Å². The molecule has 0 radical (unpaired) electrons. The van der Waals surface area contributed by atoms with Crippen molar-refractivity contribution in [3.63, 3.8) is 0 Å². The van der Waals surface area contributed by atoms with E-state index in [1.807, 2.05) is 79.0 Å². The number of hydrogen-bond donors (Lipinski definition) is 1. The zero-order chi connectivity index (χ0) is 22.0. The van der Waals surface area contributed by atoms with Crippen LogP contribution in [-0.4, -0.2) is 34.8 Å². The van der Waals surface area contributed by atoms with E-state index in [1.54, 1.807) is 0 Å². The summed E-state index contributed by atoms with van der Waals surface area (Å²) in [6.07, 6.45) is 4.19. The van der Waals surface area contributed by atoms with E-state index in [9.17, 15) is 9.59 Å². The Morgan fingerprint density at radius 2 is 1.81 bits per heavy atom. The topological polar surface area (TPSA) is 67.2 Å². The van der Waals surface area contributed by atoms with E-state index >= 15 is 0 Å². The molecule has 2 aromatic carbocycles. The van der Waals surface area contributed by atoms with E-state index < -0.39 is 5.25 Å². The highest BCUT2D eigenvalue weighted by Gasteiger charge is 2.25. The van der Waals surface area contributed by atoms with Crippen LogP contribution < -0.4 is 15.8 Å². The molecule has 0 spiro atoms.